The molecule has 0 fully saturated rings. The third-order valence-corrected chi connectivity index (χ3v) is 4.96. The first-order valence-corrected chi connectivity index (χ1v) is 9.53. The van der Waals surface area contributed by atoms with Crippen molar-refractivity contribution >= 4 is 11.5 Å². The largest absolute Gasteiger partial charge is 0.492 e. The Morgan fingerprint density at radius 2 is 2.07 bits per heavy atom. The minimum atomic E-state index is -0.848. The summed E-state index contributed by atoms with van der Waals surface area (Å²) in [6.45, 7) is 10.8. The van der Waals surface area contributed by atoms with E-state index in [1.54, 1.807) is 18.6 Å². The fourth-order valence-electron chi connectivity index (χ4n) is 3.39. The van der Waals surface area contributed by atoms with Crippen molar-refractivity contribution in [2.24, 2.45) is 0 Å². The number of hydrogen-bond acceptors (Lipinski definition) is 6. The predicted molar refractivity (Wildman–Crippen MR) is 109 cm³/mol. The van der Waals surface area contributed by atoms with Crippen LogP contribution in [0.3, 0.4) is 0 Å². The lowest BCUT2D eigenvalue weighted by Gasteiger charge is -2.12. The molecule has 0 aliphatic carbocycles. The van der Waals surface area contributed by atoms with Gasteiger partial charge in [0.15, 0.2) is 0 Å². The van der Waals surface area contributed by atoms with Gasteiger partial charge < -0.3 is 14.6 Å². The van der Waals surface area contributed by atoms with Crippen molar-refractivity contribution < 1.29 is 19.4 Å². The lowest BCUT2D eigenvalue weighted by Crippen LogP contribution is -2.07. The summed E-state index contributed by atoms with van der Waals surface area (Å²) in [4.78, 5) is 23.8. The number of aromatic nitrogens is 3. The number of pyridine rings is 1. The van der Waals surface area contributed by atoms with Gasteiger partial charge in [-0.3, -0.25) is 4.79 Å². The van der Waals surface area contributed by atoms with Crippen LogP contribution in [-0.4, -0.2) is 39.2 Å². The lowest BCUT2D eigenvalue weighted by molar-refractivity contribution is -0.137. The van der Waals surface area contributed by atoms with Gasteiger partial charge in [0.2, 0.25) is 5.88 Å². The highest BCUT2D eigenvalue weighted by atomic mass is 16.5. The summed E-state index contributed by atoms with van der Waals surface area (Å²) >= 11 is 0. The summed E-state index contributed by atoms with van der Waals surface area (Å²) in [6, 6.07) is 1.72. The fourth-order valence-corrected chi connectivity index (χ4v) is 3.39. The van der Waals surface area contributed by atoms with Crippen LogP contribution >= 0.6 is 0 Å². The van der Waals surface area contributed by atoms with Crippen molar-refractivity contribution in [3.63, 3.8) is 0 Å². The van der Waals surface area contributed by atoms with Crippen molar-refractivity contribution in [2.75, 3.05) is 13.2 Å². The van der Waals surface area contributed by atoms with Crippen molar-refractivity contribution in [1.82, 2.24) is 15.0 Å². The van der Waals surface area contributed by atoms with Gasteiger partial charge in [0, 0.05) is 40.7 Å². The average molecular weight is 395 g/mol. The molecule has 0 spiro atoms. The zero-order chi connectivity index (χ0) is 21.0. The van der Waals surface area contributed by atoms with E-state index in [0.717, 1.165) is 40.1 Å². The van der Waals surface area contributed by atoms with Crippen LogP contribution in [0.15, 0.2) is 36.8 Å². The van der Waals surface area contributed by atoms with Crippen molar-refractivity contribution in [1.29, 1.82) is 0 Å². The molecule has 0 radical (unpaired) electrons. The van der Waals surface area contributed by atoms with E-state index in [0.29, 0.717) is 24.8 Å². The average Bonchev–Trinajstić information content (AvgIpc) is 3.06. The van der Waals surface area contributed by atoms with Crippen molar-refractivity contribution in [2.45, 2.75) is 39.5 Å². The molecule has 1 aliphatic rings. The van der Waals surface area contributed by atoms with Gasteiger partial charge in [-0.2, -0.15) is 0 Å². The number of ether oxygens (including phenoxy) is 2. The van der Waals surface area contributed by atoms with Crippen LogP contribution in [0.4, 0.5) is 0 Å². The van der Waals surface area contributed by atoms with E-state index in [1.807, 2.05) is 19.9 Å². The molecule has 0 amide bonds. The maximum absolute atomic E-state index is 11.0. The second-order valence-corrected chi connectivity index (χ2v) is 7.06. The van der Waals surface area contributed by atoms with Gasteiger partial charge in [-0.25, -0.2) is 15.0 Å². The van der Waals surface area contributed by atoms with Gasteiger partial charge in [0.1, 0.15) is 18.7 Å². The molecule has 2 aromatic heterocycles. The first-order chi connectivity index (χ1) is 13.9. The molecular weight excluding hydrogens is 370 g/mol. The fraction of sp³-hybridized carbons (Fsp3) is 0.364. The van der Waals surface area contributed by atoms with Gasteiger partial charge in [0.25, 0.3) is 0 Å². The van der Waals surface area contributed by atoms with Crippen LogP contribution in [0.1, 0.15) is 48.2 Å². The maximum Gasteiger partial charge on any atom is 0.304 e. The maximum atomic E-state index is 11.0. The molecule has 7 nitrogen and oxygen atoms in total. The molecule has 29 heavy (non-hydrogen) atoms. The molecule has 152 valence electrons. The number of allylic oxidation sites excluding steroid dienone is 2. The third kappa shape index (κ3) is 4.80. The number of carbonyl (C=O) groups is 1. The summed E-state index contributed by atoms with van der Waals surface area (Å²) in [6.07, 6.45) is 6.03. The molecule has 2 aromatic rings. The van der Waals surface area contributed by atoms with E-state index in [9.17, 15) is 4.79 Å². The van der Waals surface area contributed by atoms with E-state index in [1.165, 1.54) is 0 Å². The van der Waals surface area contributed by atoms with Crippen LogP contribution in [0.5, 0.6) is 11.6 Å². The Balaban J connectivity index is 1.69. The monoisotopic (exact) mass is 395 g/mol. The Bertz CT molecular complexity index is 948. The minimum Gasteiger partial charge on any atom is -0.492 e. The molecular formula is C22H25N3O4. The number of aryl methyl sites for hydroxylation is 2. The Kier molecular flexibility index (Phi) is 6.26. The lowest BCUT2D eigenvalue weighted by atomic mass is 10.00. The van der Waals surface area contributed by atoms with Crippen LogP contribution in [-0.2, 0) is 4.79 Å². The van der Waals surface area contributed by atoms with Crippen LogP contribution in [0.2, 0.25) is 0 Å². The zero-order valence-electron chi connectivity index (χ0n) is 16.9. The molecule has 0 saturated heterocycles. The number of carboxylic acid groups (broad SMARTS) is 1. The topological polar surface area (TPSA) is 94.4 Å². The molecule has 0 saturated carbocycles. The Hall–Kier alpha value is -3.22. The molecule has 0 unspecified atom stereocenters. The van der Waals surface area contributed by atoms with Gasteiger partial charge in [-0.1, -0.05) is 19.6 Å². The summed E-state index contributed by atoms with van der Waals surface area (Å²) in [5.41, 5.74) is 5.46. The van der Waals surface area contributed by atoms with E-state index in [2.05, 4.69) is 28.5 Å². The summed E-state index contributed by atoms with van der Waals surface area (Å²) in [5.74, 6) is 0.0672. The van der Waals surface area contributed by atoms with Crippen LogP contribution in [0.25, 0.3) is 5.57 Å². The van der Waals surface area contributed by atoms with E-state index in [4.69, 9.17) is 14.6 Å². The number of fused-ring (bicyclic) bond motifs is 1. The molecule has 1 aliphatic heterocycles. The number of carboxylic acids is 1. The van der Waals surface area contributed by atoms with Gasteiger partial charge >= 0.3 is 5.97 Å². The Labute approximate surface area is 170 Å². The van der Waals surface area contributed by atoms with Crippen molar-refractivity contribution in [3.8, 4) is 11.6 Å². The zero-order valence-corrected chi connectivity index (χ0v) is 16.9. The molecule has 3 heterocycles. The molecule has 0 bridgehead atoms. The highest BCUT2D eigenvalue weighted by Gasteiger charge is 2.27. The standard InChI is InChI=1S/C22H25N3O4/c1-5-16(6-13(2)22-14(3)24-12-25-15(22)4)10-29-20-8-19-18(9-23-20)17(11-28-19)7-21(26)27/h6,8-9,12,17H,2,5,7,10-11H2,1,3-4H3,(H,26,27)/b16-6+/t17-/m1/s1. The highest BCUT2D eigenvalue weighted by molar-refractivity contribution is 5.75. The Morgan fingerprint density at radius 3 is 2.72 bits per heavy atom. The quantitative estimate of drug-likeness (QED) is 0.678. The molecule has 1 N–H and O–H groups in total. The van der Waals surface area contributed by atoms with Crippen LogP contribution in [0, 0.1) is 13.8 Å². The molecule has 3 rings (SSSR count). The van der Waals surface area contributed by atoms with E-state index < -0.39 is 5.97 Å². The van der Waals surface area contributed by atoms with Gasteiger partial charge in [-0.15, -0.1) is 0 Å². The second-order valence-electron chi connectivity index (χ2n) is 7.06. The van der Waals surface area contributed by atoms with Gasteiger partial charge in [0.05, 0.1) is 13.0 Å². The predicted octanol–water partition coefficient (Wildman–Crippen LogP) is 3.87. The molecule has 0 aromatic carbocycles. The minimum absolute atomic E-state index is 0.0295. The highest BCUT2D eigenvalue weighted by Crippen LogP contribution is 2.37. The smallest absolute Gasteiger partial charge is 0.304 e. The SMILES string of the molecule is C=C(/C=C(\CC)COc1cc2c(cn1)[C@H](CC(=O)O)CO2)c1c(C)ncnc1C. The summed E-state index contributed by atoms with van der Waals surface area (Å²) in [5, 5.41) is 8.99. The molecule has 7 heteroatoms. The van der Waals surface area contributed by atoms with E-state index in [-0.39, 0.29) is 12.3 Å². The number of nitrogens with zero attached hydrogens (tertiary/aromatic N) is 3. The summed E-state index contributed by atoms with van der Waals surface area (Å²) < 4.78 is 11.5. The summed E-state index contributed by atoms with van der Waals surface area (Å²) in [7, 11) is 0. The van der Waals surface area contributed by atoms with Gasteiger partial charge in [-0.05, 0) is 31.4 Å². The second kappa shape index (κ2) is 8.86. The third-order valence-electron chi connectivity index (χ3n) is 4.96. The first kappa shape index (κ1) is 20.5. The Morgan fingerprint density at radius 1 is 1.34 bits per heavy atom. The number of rotatable bonds is 8. The first-order valence-electron chi connectivity index (χ1n) is 9.53. The van der Waals surface area contributed by atoms with Crippen molar-refractivity contribution in [3.05, 3.63) is 59.3 Å². The van der Waals surface area contributed by atoms with E-state index >= 15 is 0 Å². The van der Waals surface area contributed by atoms with Crippen LogP contribution < -0.4 is 9.47 Å². The molecule has 1 atom stereocenters. The normalized spacial score (nSPS) is 15.6. The number of aliphatic carboxylic acids is 1. The number of hydrogen-bond donors (Lipinski definition) is 1.